The first-order valence-electron chi connectivity index (χ1n) is 8.00. The van der Waals surface area contributed by atoms with E-state index in [0.29, 0.717) is 18.2 Å². The Kier molecular flexibility index (Phi) is 4.80. The second-order valence-electron chi connectivity index (χ2n) is 6.17. The van der Waals surface area contributed by atoms with Gasteiger partial charge in [0, 0.05) is 19.8 Å². The number of rotatable bonds is 6. The standard InChI is InChI=1S/C17H21FN4O2/c1-21(11-16(23)12-2-3-12)17(24)19-10-14-8-9-22(20-14)15-6-4-13(18)5-7-15/h4-9,12,16,23H,2-3,10-11H2,1H3,(H,19,24). The minimum Gasteiger partial charge on any atom is -0.391 e. The summed E-state index contributed by atoms with van der Waals surface area (Å²) in [5.74, 6) is 0.0430. The molecule has 0 aliphatic heterocycles. The number of carbonyl (C=O) groups is 1. The number of nitrogens with zero attached hydrogens (tertiary/aromatic N) is 3. The van der Waals surface area contributed by atoms with Crippen molar-refractivity contribution in [3.05, 3.63) is 48.0 Å². The number of carbonyl (C=O) groups excluding carboxylic acids is 1. The number of amides is 2. The van der Waals surface area contributed by atoms with Crippen molar-refractivity contribution in [3.63, 3.8) is 0 Å². The Balaban J connectivity index is 1.51. The number of aliphatic hydroxyl groups excluding tert-OH is 1. The summed E-state index contributed by atoms with van der Waals surface area (Å²) < 4.78 is 14.6. The Morgan fingerprint density at radius 1 is 1.42 bits per heavy atom. The Morgan fingerprint density at radius 3 is 2.79 bits per heavy atom. The van der Waals surface area contributed by atoms with E-state index in [1.54, 1.807) is 36.1 Å². The highest BCUT2D eigenvalue weighted by atomic mass is 19.1. The molecule has 7 heteroatoms. The third-order valence-corrected chi connectivity index (χ3v) is 4.13. The molecule has 1 saturated carbocycles. The van der Waals surface area contributed by atoms with E-state index in [4.69, 9.17) is 0 Å². The average molecular weight is 332 g/mol. The summed E-state index contributed by atoms with van der Waals surface area (Å²) in [5.41, 5.74) is 1.45. The molecular formula is C17H21FN4O2. The first kappa shape index (κ1) is 16.4. The van der Waals surface area contributed by atoms with Gasteiger partial charge in [0.25, 0.3) is 0 Å². The van der Waals surface area contributed by atoms with Crippen LogP contribution in [0.2, 0.25) is 0 Å². The van der Waals surface area contributed by atoms with E-state index in [2.05, 4.69) is 10.4 Å². The lowest BCUT2D eigenvalue weighted by Gasteiger charge is -2.20. The molecule has 6 nitrogen and oxygen atoms in total. The van der Waals surface area contributed by atoms with Crippen LogP contribution in [0.5, 0.6) is 0 Å². The van der Waals surface area contributed by atoms with Crippen LogP contribution in [0.15, 0.2) is 36.5 Å². The van der Waals surface area contributed by atoms with Crippen molar-refractivity contribution in [2.75, 3.05) is 13.6 Å². The summed E-state index contributed by atoms with van der Waals surface area (Å²) in [6, 6.07) is 7.57. The van der Waals surface area contributed by atoms with Crippen LogP contribution in [0.25, 0.3) is 5.69 Å². The molecule has 1 atom stereocenters. The smallest absolute Gasteiger partial charge is 0.317 e. The van der Waals surface area contributed by atoms with E-state index in [9.17, 15) is 14.3 Å². The molecule has 1 heterocycles. The molecule has 0 spiro atoms. The molecule has 1 aliphatic carbocycles. The Bertz CT molecular complexity index is 697. The molecule has 0 saturated heterocycles. The van der Waals surface area contributed by atoms with Gasteiger partial charge in [0.05, 0.1) is 24.0 Å². The van der Waals surface area contributed by atoms with E-state index in [-0.39, 0.29) is 18.4 Å². The van der Waals surface area contributed by atoms with Crippen LogP contribution >= 0.6 is 0 Å². The summed E-state index contributed by atoms with van der Waals surface area (Å²) in [6.07, 6.45) is 3.39. The fraction of sp³-hybridized carbons (Fsp3) is 0.412. The molecule has 1 aromatic carbocycles. The Hall–Kier alpha value is -2.41. The van der Waals surface area contributed by atoms with Gasteiger partial charge in [-0.2, -0.15) is 5.10 Å². The van der Waals surface area contributed by atoms with E-state index < -0.39 is 6.10 Å². The molecular weight excluding hydrogens is 311 g/mol. The number of urea groups is 1. The topological polar surface area (TPSA) is 70.4 Å². The molecule has 2 N–H and O–H groups in total. The number of nitrogens with one attached hydrogen (secondary N) is 1. The van der Waals surface area contributed by atoms with Crippen LogP contribution in [0.3, 0.4) is 0 Å². The van der Waals surface area contributed by atoms with Crippen LogP contribution < -0.4 is 5.32 Å². The van der Waals surface area contributed by atoms with Crippen molar-refractivity contribution in [1.82, 2.24) is 20.0 Å². The Labute approximate surface area is 139 Å². The second-order valence-corrected chi connectivity index (χ2v) is 6.17. The lowest BCUT2D eigenvalue weighted by molar-refractivity contribution is 0.113. The number of hydrogen-bond acceptors (Lipinski definition) is 3. The van der Waals surface area contributed by atoms with Gasteiger partial charge in [-0.05, 0) is 49.1 Å². The maximum Gasteiger partial charge on any atom is 0.317 e. The number of likely N-dealkylation sites (N-methyl/N-ethyl adjacent to an activating group) is 1. The van der Waals surface area contributed by atoms with Gasteiger partial charge in [0.2, 0.25) is 0 Å². The third-order valence-electron chi connectivity index (χ3n) is 4.13. The zero-order chi connectivity index (χ0) is 17.1. The minimum absolute atomic E-state index is 0.244. The zero-order valence-corrected chi connectivity index (χ0v) is 13.5. The van der Waals surface area contributed by atoms with Gasteiger partial charge in [0.15, 0.2) is 0 Å². The maximum absolute atomic E-state index is 12.9. The van der Waals surface area contributed by atoms with Crippen LogP contribution in [-0.4, -0.2) is 45.5 Å². The quantitative estimate of drug-likeness (QED) is 0.849. The number of hydrogen-bond donors (Lipinski definition) is 2. The summed E-state index contributed by atoms with van der Waals surface area (Å²) in [4.78, 5) is 13.5. The largest absolute Gasteiger partial charge is 0.391 e. The van der Waals surface area contributed by atoms with Crippen molar-refractivity contribution in [3.8, 4) is 5.69 Å². The van der Waals surface area contributed by atoms with Crippen LogP contribution in [-0.2, 0) is 6.54 Å². The average Bonchev–Trinajstić information content (AvgIpc) is 3.32. The molecule has 1 unspecified atom stereocenters. The highest BCUT2D eigenvalue weighted by molar-refractivity contribution is 5.73. The minimum atomic E-state index is -0.446. The van der Waals surface area contributed by atoms with Crippen molar-refractivity contribution in [2.45, 2.75) is 25.5 Å². The van der Waals surface area contributed by atoms with E-state index in [0.717, 1.165) is 18.5 Å². The predicted octanol–water partition coefficient (Wildman–Crippen LogP) is 1.92. The van der Waals surface area contributed by atoms with Crippen LogP contribution in [0.1, 0.15) is 18.5 Å². The van der Waals surface area contributed by atoms with Crippen molar-refractivity contribution >= 4 is 6.03 Å². The number of aliphatic hydroxyl groups is 1. The van der Waals surface area contributed by atoms with E-state index in [1.165, 1.54) is 17.0 Å². The third kappa shape index (κ3) is 4.11. The number of benzene rings is 1. The SMILES string of the molecule is CN(CC(O)C1CC1)C(=O)NCc1ccn(-c2ccc(F)cc2)n1. The van der Waals surface area contributed by atoms with Gasteiger partial charge in [-0.25, -0.2) is 13.9 Å². The molecule has 128 valence electrons. The van der Waals surface area contributed by atoms with E-state index in [1.807, 2.05) is 0 Å². The lowest BCUT2D eigenvalue weighted by Crippen LogP contribution is -2.41. The zero-order valence-electron chi connectivity index (χ0n) is 13.5. The molecule has 24 heavy (non-hydrogen) atoms. The molecule has 3 rings (SSSR count). The fourth-order valence-electron chi connectivity index (χ4n) is 2.49. The first-order chi connectivity index (χ1) is 11.5. The summed E-state index contributed by atoms with van der Waals surface area (Å²) in [6.45, 7) is 0.622. The first-order valence-corrected chi connectivity index (χ1v) is 8.00. The molecule has 0 radical (unpaired) electrons. The maximum atomic E-state index is 12.9. The molecule has 0 bridgehead atoms. The van der Waals surface area contributed by atoms with Gasteiger partial charge < -0.3 is 15.3 Å². The van der Waals surface area contributed by atoms with Crippen molar-refractivity contribution in [2.24, 2.45) is 5.92 Å². The van der Waals surface area contributed by atoms with Crippen LogP contribution in [0, 0.1) is 11.7 Å². The normalized spacial score (nSPS) is 15.1. The monoisotopic (exact) mass is 332 g/mol. The number of halogens is 1. The van der Waals surface area contributed by atoms with Gasteiger partial charge in [-0.15, -0.1) is 0 Å². The highest BCUT2D eigenvalue weighted by Crippen LogP contribution is 2.32. The molecule has 2 aromatic rings. The van der Waals surface area contributed by atoms with Crippen molar-refractivity contribution < 1.29 is 14.3 Å². The number of aromatic nitrogens is 2. The van der Waals surface area contributed by atoms with Crippen molar-refractivity contribution in [1.29, 1.82) is 0 Å². The van der Waals surface area contributed by atoms with Crippen LogP contribution in [0.4, 0.5) is 9.18 Å². The van der Waals surface area contributed by atoms with Gasteiger partial charge in [-0.1, -0.05) is 0 Å². The predicted molar refractivity (Wildman–Crippen MR) is 87.1 cm³/mol. The highest BCUT2D eigenvalue weighted by Gasteiger charge is 2.31. The molecule has 1 aromatic heterocycles. The Morgan fingerprint density at radius 2 is 2.12 bits per heavy atom. The lowest BCUT2D eigenvalue weighted by atomic mass is 10.2. The molecule has 2 amide bonds. The fourth-order valence-corrected chi connectivity index (χ4v) is 2.49. The van der Waals surface area contributed by atoms with Gasteiger partial charge >= 0.3 is 6.03 Å². The summed E-state index contributed by atoms with van der Waals surface area (Å²) in [5, 5.41) is 17.0. The summed E-state index contributed by atoms with van der Waals surface area (Å²) in [7, 11) is 1.66. The summed E-state index contributed by atoms with van der Waals surface area (Å²) >= 11 is 0. The molecule has 1 fully saturated rings. The van der Waals surface area contributed by atoms with Gasteiger partial charge in [0.1, 0.15) is 5.82 Å². The van der Waals surface area contributed by atoms with Gasteiger partial charge in [-0.3, -0.25) is 0 Å². The second kappa shape index (κ2) is 7.00. The molecule has 1 aliphatic rings. The van der Waals surface area contributed by atoms with E-state index >= 15 is 0 Å².